The van der Waals surface area contributed by atoms with Crippen molar-refractivity contribution >= 4 is 17.5 Å². The molecule has 0 fully saturated rings. The quantitative estimate of drug-likeness (QED) is 0.769. The van der Waals surface area contributed by atoms with Crippen molar-refractivity contribution in [2.45, 2.75) is 18.2 Å². The molecule has 0 spiro atoms. The summed E-state index contributed by atoms with van der Waals surface area (Å²) in [6.07, 6.45) is 0.272. The molecule has 0 unspecified atom stereocenters. The lowest BCUT2D eigenvalue weighted by Crippen LogP contribution is -2.07. The highest BCUT2D eigenvalue weighted by Crippen LogP contribution is 2.19. The number of benzene rings is 2. The van der Waals surface area contributed by atoms with E-state index in [2.05, 4.69) is 0 Å². The van der Waals surface area contributed by atoms with Crippen LogP contribution in [-0.4, -0.2) is 11.5 Å². The summed E-state index contributed by atoms with van der Waals surface area (Å²) in [5.74, 6) is -0.293. The summed E-state index contributed by atoms with van der Waals surface area (Å²) in [6, 6.07) is 10.6. The molecule has 4 heteroatoms. The normalized spacial score (nSPS) is 10.6. The molecule has 0 saturated heterocycles. The Labute approximate surface area is 121 Å². The number of hydrogen-bond acceptors (Lipinski definition) is 2. The summed E-state index contributed by atoms with van der Waals surface area (Å²) in [6.45, 7) is 1.78. The molecular formula is C16H14F2OS. The average Bonchev–Trinajstić information content (AvgIpc) is 2.40. The number of rotatable bonds is 5. The third kappa shape index (κ3) is 4.17. The molecule has 0 aromatic heterocycles. The number of carbonyl (C=O) groups is 1. The van der Waals surface area contributed by atoms with E-state index in [0.29, 0.717) is 0 Å². The van der Waals surface area contributed by atoms with Gasteiger partial charge in [-0.25, -0.2) is 8.78 Å². The Bertz CT molecular complexity index is 626. The van der Waals surface area contributed by atoms with E-state index in [-0.39, 0.29) is 29.6 Å². The van der Waals surface area contributed by atoms with Gasteiger partial charge in [0.15, 0.2) is 0 Å². The molecule has 0 aliphatic rings. The van der Waals surface area contributed by atoms with E-state index in [1.807, 2.05) is 0 Å². The largest absolute Gasteiger partial charge is 0.298 e. The summed E-state index contributed by atoms with van der Waals surface area (Å²) in [4.78, 5) is 12.6. The number of hydrogen-bond donors (Lipinski definition) is 0. The topological polar surface area (TPSA) is 17.1 Å². The highest BCUT2D eigenvalue weighted by Gasteiger charge is 2.08. The van der Waals surface area contributed by atoms with Crippen LogP contribution in [0.15, 0.2) is 47.4 Å². The summed E-state index contributed by atoms with van der Waals surface area (Å²) in [5.41, 5.74) is 1.60. The third-order valence-corrected chi connectivity index (χ3v) is 3.94. The molecule has 0 amide bonds. The molecule has 2 aromatic rings. The van der Waals surface area contributed by atoms with Crippen LogP contribution in [0.4, 0.5) is 8.78 Å². The first-order valence-electron chi connectivity index (χ1n) is 6.19. The highest BCUT2D eigenvalue weighted by atomic mass is 32.2. The summed E-state index contributed by atoms with van der Waals surface area (Å²) in [5, 5.41) is 0. The van der Waals surface area contributed by atoms with Crippen molar-refractivity contribution in [3.05, 3.63) is 65.2 Å². The van der Waals surface area contributed by atoms with Crippen LogP contribution in [0.1, 0.15) is 11.1 Å². The van der Waals surface area contributed by atoms with E-state index < -0.39 is 0 Å². The molecule has 0 atom stereocenters. The number of carbonyl (C=O) groups excluding carboxylic acids is 1. The van der Waals surface area contributed by atoms with Gasteiger partial charge >= 0.3 is 0 Å². The predicted molar refractivity (Wildman–Crippen MR) is 77.0 cm³/mol. The van der Waals surface area contributed by atoms with Gasteiger partial charge in [0, 0.05) is 11.3 Å². The third-order valence-electron chi connectivity index (χ3n) is 2.89. The fourth-order valence-electron chi connectivity index (χ4n) is 1.84. The summed E-state index contributed by atoms with van der Waals surface area (Å²) >= 11 is 1.31. The van der Waals surface area contributed by atoms with Gasteiger partial charge in [-0.1, -0.05) is 12.1 Å². The molecule has 0 N–H and O–H groups in total. The number of ketones is 1. The van der Waals surface area contributed by atoms with Crippen molar-refractivity contribution in [2.75, 3.05) is 5.75 Å². The first kappa shape index (κ1) is 14.7. The van der Waals surface area contributed by atoms with Gasteiger partial charge in [0.1, 0.15) is 17.4 Å². The number of aryl methyl sites for hydroxylation is 1. The van der Waals surface area contributed by atoms with Crippen LogP contribution in [0, 0.1) is 18.6 Å². The van der Waals surface area contributed by atoms with Crippen LogP contribution < -0.4 is 0 Å². The molecular weight excluding hydrogens is 278 g/mol. The van der Waals surface area contributed by atoms with Gasteiger partial charge in [-0.2, -0.15) is 0 Å². The molecule has 0 bridgehead atoms. The Hall–Kier alpha value is -1.68. The maximum Gasteiger partial charge on any atom is 0.147 e. The van der Waals surface area contributed by atoms with Gasteiger partial charge in [0.2, 0.25) is 0 Å². The average molecular weight is 292 g/mol. The van der Waals surface area contributed by atoms with Gasteiger partial charge in [0.25, 0.3) is 0 Å². The van der Waals surface area contributed by atoms with Crippen molar-refractivity contribution in [3.63, 3.8) is 0 Å². The monoisotopic (exact) mass is 292 g/mol. The molecule has 20 heavy (non-hydrogen) atoms. The molecule has 0 aliphatic heterocycles. The molecule has 2 rings (SSSR count). The Kier molecular flexibility index (Phi) is 4.90. The van der Waals surface area contributed by atoms with Crippen molar-refractivity contribution in [1.29, 1.82) is 0 Å². The summed E-state index contributed by atoms with van der Waals surface area (Å²) < 4.78 is 26.0. The standard InChI is InChI=1S/C16H14F2OS/c1-11-7-14(18)6-5-12(11)8-15(19)10-20-16-4-2-3-13(17)9-16/h2-7,9H,8,10H2,1H3. The minimum absolute atomic E-state index is 0.0361. The fourth-order valence-corrected chi connectivity index (χ4v) is 2.64. The van der Waals surface area contributed by atoms with Gasteiger partial charge in [-0.3, -0.25) is 4.79 Å². The smallest absolute Gasteiger partial charge is 0.147 e. The maximum absolute atomic E-state index is 13.0. The molecule has 0 aliphatic carbocycles. The van der Waals surface area contributed by atoms with E-state index in [1.54, 1.807) is 25.1 Å². The maximum atomic E-state index is 13.0. The molecule has 104 valence electrons. The van der Waals surface area contributed by atoms with Crippen molar-refractivity contribution in [3.8, 4) is 0 Å². The van der Waals surface area contributed by atoms with Crippen molar-refractivity contribution < 1.29 is 13.6 Å². The van der Waals surface area contributed by atoms with Gasteiger partial charge in [0.05, 0.1) is 5.75 Å². The lowest BCUT2D eigenvalue weighted by molar-refractivity contribution is -0.116. The minimum Gasteiger partial charge on any atom is -0.298 e. The van der Waals surface area contributed by atoms with Gasteiger partial charge in [-0.05, 0) is 48.4 Å². The molecule has 2 aromatic carbocycles. The molecule has 1 nitrogen and oxygen atoms in total. The zero-order valence-corrected chi connectivity index (χ0v) is 11.8. The van der Waals surface area contributed by atoms with E-state index >= 15 is 0 Å². The summed E-state index contributed by atoms with van der Waals surface area (Å²) in [7, 11) is 0. The van der Waals surface area contributed by atoms with E-state index in [4.69, 9.17) is 0 Å². The molecule has 0 saturated carbocycles. The van der Waals surface area contributed by atoms with E-state index in [0.717, 1.165) is 16.0 Å². The number of thioether (sulfide) groups is 1. The van der Waals surface area contributed by atoms with Crippen molar-refractivity contribution in [1.82, 2.24) is 0 Å². The second-order valence-electron chi connectivity index (χ2n) is 4.53. The van der Waals surface area contributed by atoms with Crippen LogP contribution in [0.25, 0.3) is 0 Å². The van der Waals surface area contributed by atoms with Crippen LogP contribution in [-0.2, 0) is 11.2 Å². The Morgan fingerprint density at radius 3 is 2.55 bits per heavy atom. The Morgan fingerprint density at radius 1 is 1.10 bits per heavy atom. The Balaban J connectivity index is 1.92. The number of Topliss-reactive ketones (excluding diaryl/α,β-unsaturated/α-hetero) is 1. The Morgan fingerprint density at radius 2 is 1.85 bits per heavy atom. The lowest BCUT2D eigenvalue weighted by Gasteiger charge is -2.05. The van der Waals surface area contributed by atoms with E-state index in [1.165, 1.54) is 36.0 Å². The predicted octanol–water partition coefficient (Wildman–Crippen LogP) is 4.18. The first-order chi connectivity index (χ1) is 9.54. The first-order valence-corrected chi connectivity index (χ1v) is 7.18. The zero-order valence-electron chi connectivity index (χ0n) is 11.0. The van der Waals surface area contributed by atoms with E-state index in [9.17, 15) is 13.6 Å². The van der Waals surface area contributed by atoms with Crippen molar-refractivity contribution in [2.24, 2.45) is 0 Å². The minimum atomic E-state index is -0.308. The fraction of sp³-hybridized carbons (Fsp3) is 0.188. The second kappa shape index (κ2) is 6.66. The van der Waals surface area contributed by atoms with Gasteiger partial charge < -0.3 is 0 Å². The molecule has 0 radical (unpaired) electrons. The van der Waals surface area contributed by atoms with Gasteiger partial charge in [-0.15, -0.1) is 11.8 Å². The van der Waals surface area contributed by atoms with Crippen LogP contribution >= 0.6 is 11.8 Å². The zero-order chi connectivity index (χ0) is 14.5. The van der Waals surface area contributed by atoms with Crippen LogP contribution in [0.3, 0.4) is 0 Å². The highest BCUT2D eigenvalue weighted by molar-refractivity contribution is 8.00. The molecule has 0 heterocycles. The second-order valence-corrected chi connectivity index (χ2v) is 5.58. The SMILES string of the molecule is Cc1cc(F)ccc1CC(=O)CSc1cccc(F)c1. The van der Waals surface area contributed by atoms with Crippen LogP contribution in [0.2, 0.25) is 0 Å². The lowest BCUT2D eigenvalue weighted by atomic mass is 10.0. The number of halogens is 2. The van der Waals surface area contributed by atoms with Crippen LogP contribution in [0.5, 0.6) is 0 Å².